The summed E-state index contributed by atoms with van der Waals surface area (Å²) in [6, 6.07) is 21.1. The van der Waals surface area contributed by atoms with Gasteiger partial charge in [0, 0.05) is 19.8 Å². The van der Waals surface area contributed by atoms with E-state index in [-0.39, 0.29) is 18.4 Å². The first kappa shape index (κ1) is 18.5. The monoisotopic (exact) mass is 362 g/mol. The largest absolute Gasteiger partial charge is 0.484 e. The van der Waals surface area contributed by atoms with E-state index in [2.05, 4.69) is 11.4 Å². The van der Waals surface area contributed by atoms with E-state index in [1.165, 1.54) is 4.90 Å². The Morgan fingerprint density at radius 2 is 1.63 bits per heavy atom. The van der Waals surface area contributed by atoms with Crippen molar-refractivity contribution in [2.75, 3.05) is 26.0 Å². The molecule has 5 nitrogen and oxygen atoms in total. The zero-order chi connectivity index (χ0) is 19.2. The molecule has 0 spiro atoms. The van der Waals surface area contributed by atoms with E-state index in [0.717, 1.165) is 16.3 Å². The average Bonchev–Trinajstić information content (AvgIpc) is 2.67. The number of carbonyl (C=O) groups excluding carboxylic acids is 2. The van der Waals surface area contributed by atoms with Crippen molar-refractivity contribution in [3.8, 4) is 5.75 Å². The number of amides is 2. The molecule has 3 rings (SSSR count). The number of likely N-dealkylation sites (N-methyl/N-ethyl adjacent to an activating group) is 1. The Kier molecular flexibility index (Phi) is 5.71. The SMILES string of the molecule is CN(C)C(=O)COc1ccc(NC(=O)Cc2ccc3ccccc3c2)cc1. The van der Waals surface area contributed by atoms with Gasteiger partial charge < -0.3 is 15.0 Å². The summed E-state index contributed by atoms with van der Waals surface area (Å²) in [6.07, 6.45) is 0.306. The van der Waals surface area contributed by atoms with Crippen LogP contribution in [0, 0.1) is 0 Å². The van der Waals surface area contributed by atoms with Gasteiger partial charge in [-0.05, 0) is 40.6 Å². The van der Waals surface area contributed by atoms with Crippen molar-refractivity contribution in [3.63, 3.8) is 0 Å². The maximum absolute atomic E-state index is 12.3. The molecule has 1 N–H and O–H groups in total. The zero-order valence-corrected chi connectivity index (χ0v) is 15.4. The third-order valence-corrected chi connectivity index (χ3v) is 4.18. The lowest BCUT2D eigenvalue weighted by molar-refractivity contribution is -0.130. The molecule has 0 unspecified atom stereocenters. The van der Waals surface area contributed by atoms with Crippen LogP contribution < -0.4 is 10.1 Å². The van der Waals surface area contributed by atoms with Crippen molar-refractivity contribution in [1.29, 1.82) is 0 Å². The average molecular weight is 362 g/mol. The van der Waals surface area contributed by atoms with Crippen LogP contribution in [0.25, 0.3) is 10.8 Å². The Balaban J connectivity index is 1.56. The molecule has 2 amide bonds. The fourth-order valence-electron chi connectivity index (χ4n) is 2.65. The number of rotatable bonds is 6. The first-order valence-electron chi connectivity index (χ1n) is 8.72. The van der Waals surface area contributed by atoms with Crippen LogP contribution in [0.15, 0.2) is 66.7 Å². The first-order valence-corrected chi connectivity index (χ1v) is 8.72. The molecule has 0 atom stereocenters. The van der Waals surface area contributed by atoms with Gasteiger partial charge in [0.1, 0.15) is 5.75 Å². The molecule has 0 saturated carbocycles. The highest BCUT2D eigenvalue weighted by molar-refractivity contribution is 5.93. The fourth-order valence-corrected chi connectivity index (χ4v) is 2.65. The van der Waals surface area contributed by atoms with Gasteiger partial charge in [0.05, 0.1) is 6.42 Å². The zero-order valence-electron chi connectivity index (χ0n) is 15.4. The minimum atomic E-state index is -0.109. The van der Waals surface area contributed by atoms with Gasteiger partial charge in [-0.3, -0.25) is 9.59 Å². The Bertz CT molecular complexity index is 949. The molecule has 0 aliphatic heterocycles. The van der Waals surface area contributed by atoms with Gasteiger partial charge in [-0.25, -0.2) is 0 Å². The number of carbonyl (C=O) groups is 2. The summed E-state index contributed by atoms with van der Waals surface area (Å²) in [5.74, 6) is 0.391. The number of anilines is 1. The predicted molar refractivity (Wildman–Crippen MR) is 107 cm³/mol. The highest BCUT2D eigenvalue weighted by atomic mass is 16.5. The first-order chi connectivity index (χ1) is 13.0. The molecule has 0 bridgehead atoms. The molecule has 0 aromatic heterocycles. The second-order valence-corrected chi connectivity index (χ2v) is 6.51. The molecule has 0 aliphatic rings. The minimum Gasteiger partial charge on any atom is -0.484 e. The molecular weight excluding hydrogens is 340 g/mol. The Hall–Kier alpha value is -3.34. The molecule has 0 radical (unpaired) electrons. The highest BCUT2D eigenvalue weighted by Gasteiger charge is 2.07. The summed E-state index contributed by atoms with van der Waals surface area (Å²) in [5.41, 5.74) is 1.65. The van der Waals surface area contributed by atoms with E-state index in [0.29, 0.717) is 17.9 Å². The maximum atomic E-state index is 12.3. The molecule has 27 heavy (non-hydrogen) atoms. The number of benzene rings is 3. The molecule has 0 aliphatic carbocycles. The van der Waals surface area contributed by atoms with Gasteiger partial charge in [0.25, 0.3) is 5.91 Å². The molecule has 0 heterocycles. The summed E-state index contributed by atoms with van der Waals surface area (Å²) >= 11 is 0. The van der Waals surface area contributed by atoms with Gasteiger partial charge in [-0.2, -0.15) is 0 Å². The van der Waals surface area contributed by atoms with E-state index in [1.54, 1.807) is 38.4 Å². The molecule has 5 heteroatoms. The van der Waals surface area contributed by atoms with Crippen LogP contribution in [0.4, 0.5) is 5.69 Å². The number of fused-ring (bicyclic) bond motifs is 1. The molecule has 3 aromatic rings. The van der Waals surface area contributed by atoms with E-state index in [9.17, 15) is 9.59 Å². The maximum Gasteiger partial charge on any atom is 0.259 e. The lowest BCUT2D eigenvalue weighted by Gasteiger charge is -2.12. The molecule has 0 fully saturated rings. The van der Waals surface area contributed by atoms with Gasteiger partial charge in [-0.15, -0.1) is 0 Å². The Morgan fingerprint density at radius 3 is 2.33 bits per heavy atom. The lowest BCUT2D eigenvalue weighted by Crippen LogP contribution is -2.27. The van der Waals surface area contributed by atoms with Crippen molar-refractivity contribution >= 4 is 28.3 Å². The molecule has 0 saturated heterocycles. The fraction of sp³-hybridized carbons (Fsp3) is 0.182. The third kappa shape index (κ3) is 5.07. The van der Waals surface area contributed by atoms with E-state index in [4.69, 9.17) is 4.74 Å². The molecular formula is C22H22N2O3. The standard InChI is InChI=1S/C22H22N2O3/c1-24(2)22(26)15-27-20-11-9-19(10-12-20)23-21(25)14-16-7-8-17-5-3-4-6-18(17)13-16/h3-13H,14-15H2,1-2H3,(H,23,25). The number of nitrogens with one attached hydrogen (secondary N) is 1. The van der Waals surface area contributed by atoms with Crippen LogP contribution >= 0.6 is 0 Å². The number of nitrogens with zero attached hydrogens (tertiary/aromatic N) is 1. The second kappa shape index (κ2) is 8.36. The number of ether oxygens (including phenoxy) is 1. The van der Waals surface area contributed by atoms with Crippen molar-refractivity contribution in [2.24, 2.45) is 0 Å². The summed E-state index contributed by atoms with van der Waals surface area (Å²) in [6.45, 7) is -0.0132. The Labute approximate surface area is 158 Å². The van der Waals surface area contributed by atoms with Gasteiger partial charge in [-0.1, -0.05) is 42.5 Å². The molecule has 3 aromatic carbocycles. The summed E-state index contributed by atoms with van der Waals surface area (Å²) in [5, 5.41) is 5.16. The smallest absolute Gasteiger partial charge is 0.259 e. The quantitative estimate of drug-likeness (QED) is 0.730. The highest BCUT2D eigenvalue weighted by Crippen LogP contribution is 2.18. The van der Waals surface area contributed by atoms with Gasteiger partial charge in [0.15, 0.2) is 6.61 Å². The Morgan fingerprint density at radius 1 is 0.926 bits per heavy atom. The topological polar surface area (TPSA) is 58.6 Å². The van der Waals surface area contributed by atoms with Crippen LogP contribution in [0.1, 0.15) is 5.56 Å². The van der Waals surface area contributed by atoms with Crippen molar-refractivity contribution in [1.82, 2.24) is 4.90 Å². The van der Waals surface area contributed by atoms with E-state index < -0.39 is 0 Å². The minimum absolute atomic E-state index is 0.0132. The predicted octanol–water partition coefficient (Wildman–Crippen LogP) is 3.49. The van der Waals surface area contributed by atoms with Crippen LogP contribution in [0.5, 0.6) is 5.75 Å². The summed E-state index contributed by atoms with van der Waals surface area (Å²) in [4.78, 5) is 25.3. The van der Waals surface area contributed by atoms with Crippen LogP contribution in [0.3, 0.4) is 0 Å². The van der Waals surface area contributed by atoms with Gasteiger partial charge in [0.2, 0.25) is 5.91 Å². The van der Waals surface area contributed by atoms with E-state index >= 15 is 0 Å². The van der Waals surface area contributed by atoms with Gasteiger partial charge >= 0.3 is 0 Å². The van der Waals surface area contributed by atoms with Crippen LogP contribution in [0.2, 0.25) is 0 Å². The van der Waals surface area contributed by atoms with Crippen LogP contribution in [-0.2, 0) is 16.0 Å². The van der Waals surface area contributed by atoms with Crippen molar-refractivity contribution in [2.45, 2.75) is 6.42 Å². The lowest BCUT2D eigenvalue weighted by atomic mass is 10.0. The van der Waals surface area contributed by atoms with Crippen LogP contribution in [-0.4, -0.2) is 37.4 Å². The third-order valence-electron chi connectivity index (χ3n) is 4.18. The molecule has 138 valence electrons. The summed E-state index contributed by atoms with van der Waals surface area (Å²) < 4.78 is 5.42. The second-order valence-electron chi connectivity index (χ2n) is 6.51. The van der Waals surface area contributed by atoms with Crippen molar-refractivity contribution in [3.05, 3.63) is 72.3 Å². The number of hydrogen-bond acceptors (Lipinski definition) is 3. The number of hydrogen-bond donors (Lipinski definition) is 1. The van der Waals surface area contributed by atoms with E-state index in [1.807, 2.05) is 36.4 Å². The summed E-state index contributed by atoms with van der Waals surface area (Å²) in [7, 11) is 3.36. The van der Waals surface area contributed by atoms with Crippen molar-refractivity contribution < 1.29 is 14.3 Å². The normalized spacial score (nSPS) is 10.4.